The van der Waals surface area contributed by atoms with Crippen molar-refractivity contribution in [3.63, 3.8) is 0 Å². The molecule has 0 bridgehead atoms. The Kier molecular flexibility index (Phi) is 4.52. The summed E-state index contributed by atoms with van der Waals surface area (Å²) < 4.78 is 41.9. The molecule has 0 amide bonds. The molecule has 100 valence electrons. The Balaban J connectivity index is 2.96. The van der Waals surface area contributed by atoms with E-state index in [1.54, 1.807) is 6.92 Å². The van der Waals surface area contributed by atoms with E-state index >= 15 is 0 Å². The normalized spacial score (nSPS) is 11.2. The number of halogens is 3. The maximum atomic E-state index is 12.5. The molecule has 0 aliphatic carbocycles. The fourth-order valence-electron chi connectivity index (χ4n) is 1.33. The van der Waals surface area contributed by atoms with Crippen LogP contribution < -0.4 is 4.90 Å². The first-order valence-electron chi connectivity index (χ1n) is 5.24. The van der Waals surface area contributed by atoms with E-state index in [-0.39, 0.29) is 12.4 Å². The van der Waals surface area contributed by atoms with Gasteiger partial charge in [-0.15, -0.1) is 0 Å². The van der Waals surface area contributed by atoms with Crippen LogP contribution in [0.15, 0.2) is 18.2 Å². The molecule has 0 atom stereocenters. The molecule has 0 radical (unpaired) electrons. The molecule has 0 saturated carbocycles. The Morgan fingerprint density at radius 3 is 2.61 bits per heavy atom. The molecule has 0 saturated heterocycles. The summed E-state index contributed by atoms with van der Waals surface area (Å²) in [7, 11) is 1.22. The van der Waals surface area contributed by atoms with Gasteiger partial charge in [0.1, 0.15) is 18.1 Å². The van der Waals surface area contributed by atoms with Crippen LogP contribution in [-0.2, 0) is 15.7 Å². The number of nitrogens with zero attached hydrogens (tertiary/aromatic N) is 2. The van der Waals surface area contributed by atoms with Crippen molar-refractivity contribution in [1.29, 1.82) is 0 Å². The minimum atomic E-state index is -4.50. The molecule has 0 aromatic carbocycles. The zero-order valence-electron chi connectivity index (χ0n) is 9.99. The van der Waals surface area contributed by atoms with E-state index in [2.05, 4.69) is 9.72 Å². The highest BCUT2D eigenvalue weighted by atomic mass is 19.4. The maximum absolute atomic E-state index is 12.5. The molecule has 1 rings (SSSR count). The number of methoxy groups -OCH3 is 1. The Labute approximate surface area is 102 Å². The standard InChI is InChI=1S/C11H13F3N2O2/c1-3-16(7-10(17)18-2)9-6-4-5-8(15-9)11(12,13)14/h4-6H,3,7H2,1-2H3. The van der Waals surface area contributed by atoms with Gasteiger partial charge >= 0.3 is 12.1 Å². The van der Waals surface area contributed by atoms with Gasteiger partial charge in [0, 0.05) is 6.54 Å². The van der Waals surface area contributed by atoms with E-state index in [0.29, 0.717) is 6.54 Å². The zero-order chi connectivity index (χ0) is 13.8. The third kappa shape index (κ3) is 3.61. The predicted octanol–water partition coefficient (Wildman–Crippen LogP) is 2.10. The van der Waals surface area contributed by atoms with Gasteiger partial charge in [-0.1, -0.05) is 6.07 Å². The number of carbonyl (C=O) groups is 1. The predicted molar refractivity (Wildman–Crippen MR) is 59.1 cm³/mol. The number of alkyl halides is 3. The van der Waals surface area contributed by atoms with Crippen molar-refractivity contribution in [2.75, 3.05) is 25.1 Å². The molecule has 0 fully saturated rings. The minimum absolute atomic E-state index is 0.0951. The lowest BCUT2D eigenvalue weighted by Crippen LogP contribution is -2.31. The van der Waals surface area contributed by atoms with Crippen molar-refractivity contribution < 1.29 is 22.7 Å². The van der Waals surface area contributed by atoms with Crippen LogP contribution in [0.25, 0.3) is 0 Å². The van der Waals surface area contributed by atoms with Gasteiger partial charge in [0.2, 0.25) is 0 Å². The largest absolute Gasteiger partial charge is 0.468 e. The van der Waals surface area contributed by atoms with Crippen molar-refractivity contribution in [3.8, 4) is 0 Å². The SMILES string of the molecule is CCN(CC(=O)OC)c1cccc(C(F)(F)F)n1. The molecular formula is C11H13F3N2O2. The van der Waals surface area contributed by atoms with Gasteiger partial charge in [0.05, 0.1) is 7.11 Å². The highest BCUT2D eigenvalue weighted by Crippen LogP contribution is 2.28. The second-order valence-corrected chi connectivity index (χ2v) is 3.47. The van der Waals surface area contributed by atoms with Gasteiger partial charge in [-0.3, -0.25) is 4.79 Å². The van der Waals surface area contributed by atoms with E-state index in [0.717, 1.165) is 6.07 Å². The second-order valence-electron chi connectivity index (χ2n) is 3.47. The number of hydrogen-bond acceptors (Lipinski definition) is 4. The van der Waals surface area contributed by atoms with Crippen LogP contribution in [0, 0.1) is 0 Å². The molecule has 1 heterocycles. The number of hydrogen-bond donors (Lipinski definition) is 0. The Morgan fingerprint density at radius 2 is 2.11 bits per heavy atom. The smallest absolute Gasteiger partial charge is 0.433 e. The highest BCUT2D eigenvalue weighted by molar-refractivity contribution is 5.75. The Bertz CT molecular complexity index is 421. The van der Waals surface area contributed by atoms with Gasteiger partial charge < -0.3 is 9.64 Å². The first-order chi connectivity index (χ1) is 8.38. The Hall–Kier alpha value is -1.79. The van der Waals surface area contributed by atoms with E-state index in [1.165, 1.54) is 24.1 Å². The van der Waals surface area contributed by atoms with Crippen LogP contribution in [0.5, 0.6) is 0 Å². The topological polar surface area (TPSA) is 42.4 Å². The van der Waals surface area contributed by atoms with Gasteiger partial charge in [0.25, 0.3) is 0 Å². The van der Waals surface area contributed by atoms with Crippen LogP contribution in [-0.4, -0.2) is 31.2 Å². The zero-order valence-corrected chi connectivity index (χ0v) is 9.99. The lowest BCUT2D eigenvalue weighted by atomic mass is 10.3. The lowest BCUT2D eigenvalue weighted by molar-refractivity contribution is -0.141. The first kappa shape index (κ1) is 14.3. The van der Waals surface area contributed by atoms with Crippen molar-refractivity contribution in [2.24, 2.45) is 0 Å². The summed E-state index contributed by atoms with van der Waals surface area (Å²) >= 11 is 0. The fraction of sp³-hybridized carbons (Fsp3) is 0.455. The number of likely N-dealkylation sites (N-methyl/N-ethyl adjacent to an activating group) is 1. The van der Waals surface area contributed by atoms with E-state index in [1.807, 2.05) is 0 Å². The number of aromatic nitrogens is 1. The van der Waals surface area contributed by atoms with Crippen molar-refractivity contribution >= 4 is 11.8 Å². The summed E-state index contributed by atoms with van der Waals surface area (Å²) in [5, 5.41) is 0. The molecule has 0 aliphatic heterocycles. The molecule has 4 nitrogen and oxygen atoms in total. The summed E-state index contributed by atoms with van der Waals surface area (Å²) in [6, 6.07) is 3.56. The average Bonchev–Trinajstić information content (AvgIpc) is 2.34. The van der Waals surface area contributed by atoms with Gasteiger partial charge in [-0.2, -0.15) is 13.2 Å². The molecule has 18 heavy (non-hydrogen) atoms. The van der Waals surface area contributed by atoms with Crippen LogP contribution in [0.1, 0.15) is 12.6 Å². The summed E-state index contributed by atoms with van der Waals surface area (Å²) in [6.45, 7) is 1.93. The Morgan fingerprint density at radius 1 is 1.44 bits per heavy atom. The van der Waals surface area contributed by atoms with Crippen LogP contribution in [0.2, 0.25) is 0 Å². The monoisotopic (exact) mass is 262 g/mol. The summed E-state index contributed by atoms with van der Waals surface area (Å²) in [5.41, 5.74) is -0.983. The number of carbonyl (C=O) groups excluding carboxylic acids is 1. The number of esters is 1. The van der Waals surface area contributed by atoms with E-state index < -0.39 is 17.8 Å². The number of anilines is 1. The summed E-state index contributed by atoms with van der Waals surface area (Å²) in [6.07, 6.45) is -4.50. The van der Waals surface area contributed by atoms with Crippen LogP contribution in [0.4, 0.5) is 19.0 Å². The lowest BCUT2D eigenvalue weighted by Gasteiger charge is -2.21. The third-order valence-electron chi connectivity index (χ3n) is 2.28. The van der Waals surface area contributed by atoms with E-state index in [9.17, 15) is 18.0 Å². The second kappa shape index (κ2) is 5.70. The average molecular weight is 262 g/mol. The van der Waals surface area contributed by atoms with Gasteiger partial charge in [-0.05, 0) is 19.1 Å². The highest BCUT2D eigenvalue weighted by Gasteiger charge is 2.32. The fourth-order valence-corrected chi connectivity index (χ4v) is 1.33. The minimum Gasteiger partial charge on any atom is -0.468 e. The van der Waals surface area contributed by atoms with E-state index in [4.69, 9.17) is 0 Å². The first-order valence-corrected chi connectivity index (χ1v) is 5.24. The molecule has 0 aliphatic rings. The number of ether oxygens (including phenoxy) is 1. The quantitative estimate of drug-likeness (QED) is 0.779. The number of pyridine rings is 1. The summed E-state index contributed by atoms with van der Waals surface area (Å²) in [5.74, 6) is -0.436. The van der Waals surface area contributed by atoms with Gasteiger partial charge in [-0.25, -0.2) is 4.98 Å². The van der Waals surface area contributed by atoms with Crippen LogP contribution in [0.3, 0.4) is 0 Å². The molecule has 0 N–H and O–H groups in total. The van der Waals surface area contributed by atoms with Crippen molar-refractivity contribution in [3.05, 3.63) is 23.9 Å². The molecule has 1 aromatic rings. The molecule has 0 spiro atoms. The van der Waals surface area contributed by atoms with Crippen LogP contribution >= 0.6 is 0 Å². The molecule has 1 aromatic heterocycles. The summed E-state index contributed by atoms with van der Waals surface area (Å²) in [4.78, 5) is 16.0. The number of rotatable bonds is 4. The van der Waals surface area contributed by atoms with Gasteiger partial charge in [0.15, 0.2) is 0 Å². The third-order valence-corrected chi connectivity index (χ3v) is 2.28. The maximum Gasteiger partial charge on any atom is 0.433 e. The molecule has 0 unspecified atom stereocenters. The molecular weight excluding hydrogens is 249 g/mol. The van der Waals surface area contributed by atoms with Crippen molar-refractivity contribution in [1.82, 2.24) is 4.98 Å². The molecule has 7 heteroatoms. The van der Waals surface area contributed by atoms with Crippen molar-refractivity contribution in [2.45, 2.75) is 13.1 Å².